The summed E-state index contributed by atoms with van der Waals surface area (Å²) in [6.07, 6.45) is 34.5. The predicted octanol–water partition coefficient (Wildman–Crippen LogP) is 15.4. The Balaban J connectivity index is 1.08. The Morgan fingerprint density at radius 1 is 0.645 bits per heavy atom. The van der Waals surface area contributed by atoms with Crippen molar-refractivity contribution in [3.63, 3.8) is 0 Å². The maximum atomic E-state index is 6.46. The molecule has 0 N–H and O–H groups in total. The smallest absolute Gasteiger partial charge is 0.134 e. The third kappa shape index (κ3) is 6.18. The van der Waals surface area contributed by atoms with E-state index in [4.69, 9.17) is 9.15 Å². The Kier molecular flexibility index (Phi) is 8.78. The van der Waals surface area contributed by atoms with Crippen LogP contribution in [-0.2, 0) is 19.3 Å². The van der Waals surface area contributed by atoms with Crippen molar-refractivity contribution in [2.45, 2.75) is 71.6 Å². The fraction of sp³-hybridized carbons (Fsp3) is 0.207. The van der Waals surface area contributed by atoms with Gasteiger partial charge in [-0.15, -0.1) is 0 Å². The number of para-hydroxylation sites is 1. The zero-order valence-electron chi connectivity index (χ0n) is 35.7. The van der Waals surface area contributed by atoms with Gasteiger partial charge in [-0.3, -0.25) is 0 Å². The summed E-state index contributed by atoms with van der Waals surface area (Å²) in [6.45, 7) is 6.71. The Hall–Kier alpha value is -6.78. The summed E-state index contributed by atoms with van der Waals surface area (Å²) >= 11 is 0. The molecule has 0 radical (unpaired) electrons. The van der Waals surface area contributed by atoms with Crippen LogP contribution in [0, 0.1) is 12.8 Å². The average molecular weight is 807 g/mol. The molecule has 0 saturated heterocycles. The fourth-order valence-electron chi connectivity index (χ4n) is 10.8. The molecule has 0 amide bonds. The van der Waals surface area contributed by atoms with Crippen molar-refractivity contribution in [1.82, 2.24) is 0 Å². The average Bonchev–Trinajstić information content (AvgIpc) is 3.58. The molecule has 1 aromatic heterocycles. The normalized spacial score (nSPS) is 19.3. The number of hydrogen-bond donors (Lipinski definition) is 0. The van der Waals surface area contributed by atoms with Gasteiger partial charge in [-0.25, -0.2) is 0 Å². The summed E-state index contributed by atoms with van der Waals surface area (Å²) in [5.41, 5.74) is 18.9. The highest BCUT2D eigenvalue weighted by molar-refractivity contribution is 6.05. The number of benzene rings is 5. The van der Waals surface area contributed by atoms with E-state index < -0.39 is 0 Å². The lowest BCUT2D eigenvalue weighted by Crippen LogP contribution is -2.22. The van der Waals surface area contributed by atoms with Gasteiger partial charge in [-0.2, -0.15) is 0 Å². The minimum absolute atomic E-state index is 0.159. The highest BCUT2D eigenvalue weighted by Crippen LogP contribution is 2.50. The third-order valence-electron chi connectivity index (χ3n) is 13.7. The lowest BCUT2D eigenvalue weighted by atomic mass is 9.81. The number of aryl methyl sites for hydroxylation is 3. The van der Waals surface area contributed by atoms with E-state index in [1.54, 1.807) is 0 Å². The minimum Gasteiger partial charge on any atom is -0.460 e. The number of nitrogens with zero attached hydrogens (tertiary/aromatic N) is 2. The number of anilines is 4. The first-order valence-electron chi connectivity index (χ1n) is 22.6. The molecule has 5 aliphatic carbocycles. The molecular weight excluding hydrogens is 757 g/mol. The Bertz CT molecular complexity index is 3120. The van der Waals surface area contributed by atoms with E-state index in [9.17, 15) is 0 Å². The first-order chi connectivity index (χ1) is 30.4. The molecule has 62 heavy (non-hydrogen) atoms. The second-order valence-corrected chi connectivity index (χ2v) is 18.0. The molecule has 304 valence electrons. The largest absolute Gasteiger partial charge is 0.460 e. The molecule has 12 rings (SSSR count). The molecule has 0 spiro atoms. The molecule has 4 heteroatoms. The first-order valence-corrected chi connectivity index (χ1v) is 22.6. The monoisotopic (exact) mass is 806 g/mol. The number of rotatable bonds is 6. The van der Waals surface area contributed by atoms with Crippen molar-refractivity contribution in [2.75, 3.05) is 9.80 Å². The molecule has 2 unspecified atom stereocenters. The number of furan rings is 1. The summed E-state index contributed by atoms with van der Waals surface area (Å²) in [5, 5.41) is 3.88. The molecule has 0 saturated carbocycles. The van der Waals surface area contributed by atoms with Crippen LogP contribution in [0.15, 0.2) is 161 Å². The van der Waals surface area contributed by atoms with Crippen LogP contribution in [0.1, 0.15) is 90.2 Å². The van der Waals surface area contributed by atoms with Crippen molar-refractivity contribution >= 4 is 62.7 Å². The molecule has 1 aliphatic heterocycles. The highest BCUT2D eigenvalue weighted by Gasteiger charge is 2.31. The maximum absolute atomic E-state index is 6.46. The summed E-state index contributed by atoms with van der Waals surface area (Å²) in [4.78, 5) is 5.15. The molecule has 2 bridgehead atoms. The van der Waals surface area contributed by atoms with Gasteiger partial charge in [-0.1, -0.05) is 90.9 Å². The van der Waals surface area contributed by atoms with Crippen LogP contribution in [0.25, 0.3) is 40.0 Å². The number of allylic oxidation sites excluding steroid dienone is 12. The van der Waals surface area contributed by atoms with Gasteiger partial charge >= 0.3 is 0 Å². The molecule has 2 atom stereocenters. The second-order valence-electron chi connectivity index (χ2n) is 18.0. The van der Waals surface area contributed by atoms with E-state index in [0.29, 0.717) is 5.92 Å². The van der Waals surface area contributed by atoms with Gasteiger partial charge < -0.3 is 19.0 Å². The highest BCUT2D eigenvalue weighted by atomic mass is 16.5. The van der Waals surface area contributed by atoms with Gasteiger partial charge in [0.15, 0.2) is 0 Å². The summed E-state index contributed by atoms with van der Waals surface area (Å²) in [7, 11) is 0. The Morgan fingerprint density at radius 2 is 1.52 bits per heavy atom. The molecule has 0 fully saturated rings. The van der Waals surface area contributed by atoms with Gasteiger partial charge in [0.25, 0.3) is 0 Å². The Labute approximate surface area is 364 Å². The van der Waals surface area contributed by atoms with E-state index in [-0.39, 0.29) is 5.92 Å². The van der Waals surface area contributed by atoms with Crippen LogP contribution in [0.2, 0.25) is 0 Å². The number of hydrogen-bond acceptors (Lipinski definition) is 4. The SMILES string of the molecule is CC1=CC2C=C(C=C1)Oc1ccc(N(C3=CC=CCC3)c3cc4c5c(c(N(C6=Cc7c(oc8ccc(C)cc78)CC6)c6ccccc6)cc4c4c3CC(C)C=C4)C=CCC5)cc12. The lowest BCUT2D eigenvalue weighted by molar-refractivity contribution is 0.424. The van der Waals surface area contributed by atoms with Crippen molar-refractivity contribution < 1.29 is 9.15 Å². The van der Waals surface area contributed by atoms with E-state index in [0.717, 1.165) is 67.8 Å². The van der Waals surface area contributed by atoms with E-state index >= 15 is 0 Å². The van der Waals surface area contributed by atoms with Crippen molar-refractivity contribution in [1.29, 1.82) is 0 Å². The number of ether oxygens (including phenoxy) is 1. The summed E-state index contributed by atoms with van der Waals surface area (Å²) in [5.74, 6) is 3.53. The van der Waals surface area contributed by atoms with Gasteiger partial charge in [0.05, 0.1) is 11.4 Å². The predicted molar refractivity (Wildman–Crippen MR) is 258 cm³/mol. The van der Waals surface area contributed by atoms with Gasteiger partial charge in [0, 0.05) is 57.2 Å². The lowest BCUT2D eigenvalue weighted by Gasteiger charge is -2.36. The van der Waals surface area contributed by atoms with Crippen LogP contribution in [0.5, 0.6) is 5.75 Å². The quantitative estimate of drug-likeness (QED) is 0.168. The van der Waals surface area contributed by atoms with Crippen LogP contribution in [0.3, 0.4) is 0 Å². The van der Waals surface area contributed by atoms with E-state index in [1.807, 2.05) is 0 Å². The van der Waals surface area contributed by atoms with Crippen LogP contribution in [0.4, 0.5) is 22.7 Å². The minimum atomic E-state index is 0.159. The third-order valence-corrected chi connectivity index (χ3v) is 13.7. The number of fused-ring (bicyclic) bond motifs is 11. The van der Waals surface area contributed by atoms with Crippen LogP contribution >= 0.6 is 0 Å². The zero-order valence-corrected chi connectivity index (χ0v) is 35.7. The Morgan fingerprint density at radius 3 is 2.40 bits per heavy atom. The molecule has 4 nitrogen and oxygen atoms in total. The topological polar surface area (TPSA) is 28.9 Å². The standard InChI is InChI=1S/C58H50N2O2/c1-36-18-23-44-31-39(28-36)48-32-42(21-26-56(48)61-44)60(41-14-8-5-9-15-41)55-35-49-45-16-10-11-17-47(45)54(34-50(49)46-24-19-37(2)29-51(46)55)59(40-12-6-4-7-13-40)43-22-27-58-53(33-43)52-30-38(3)20-25-57(52)62-58/h4-8,11-14,17-21,23-26,28,30-35,37,39H,9-10,15-16,22,27,29H2,1-3H3. The summed E-state index contributed by atoms with van der Waals surface area (Å²) < 4.78 is 12.9. The molecule has 6 aromatic rings. The zero-order chi connectivity index (χ0) is 41.5. The molecule has 6 aliphatic rings. The summed E-state index contributed by atoms with van der Waals surface area (Å²) in [6, 6.07) is 29.5. The van der Waals surface area contributed by atoms with Crippen molar-refractivity contribution in [3.05, 3.63) is 201 Å². The molecule has 5 aromatic carbocycles. The van der Waals surface area contributed by atoms with Crippen LogP contribution in [-0.4, -0.2) is 0 Å². The molecule has 2 heterocycles. The van der Waals surface area contributed by atoms with Gasteiger partial charge in [0.1, 0.15) is 22.9 Å². The van der Waals surface area contributed by atoms with Crippen molar-refractivity contribution in [3.8, 4) is 5.75 Å². The maximum Gasteiger partial charge on any atom is 0.134 e. The van der Waals surface area contributed by atoms with Crippen LogP contribution < -0.4 is 14.5 Å². The fourth-order valence-corrected chi connectivity index (χ4v) is 10.8. The second kappa shape index (κ2) is 14.7. The first kappa shape index (κ1) is 37.0. The van der Waals surface area contributed by atoms with E-state index in [2.05, 4.69) is 182 Å². The van der Waals surface area contributed by atoms with Gasteiger partial charge in [0.2, 0.25) is 0 Å². The van der Waals surface area contributed by atoms with Gasteiger partial charge in [-0.05, 0) is 165 Å². The van der Waals surface area contributed by atoms with Crippen molar-refractivity contribution in [2.24, 2.45) is 5.92 Å². The molecular formula is C58H50N2O2. The van der Waals surface area contributed by atoms with E-state index in [1.165, 1.54) is 94.8 Å².